The van der Waals surface area contributed by atoms with Gasteiger partial charge in [0.25, 0.3) is 0 Å². The Labute approximate surface area is 214 Å². The van der Waals surface area contributed by atoms with Crippen LogP contribution in [0.5, 0.6) is 11.5 Å². The van der Waals surface area contributed by atoms with Crippen LogP contribution in [0.25, 0.3) is 10.9 Å². The van der Waals surface area contributed by atoms with Crippen LogP contribution < -0.4 is 20.1 Å². The zero-order valence-corrected chi connectivity index (χ0v) is 21.6. The standard InChI is InChI=1S/C27H28FN3O5S/c1-18-26(24-6-4-5-7-25(24)31(18)17-19-8-10-20(28)11-9-19)37(33,34)13-12-29-27(32)30-21-14-22(35-2)16-23(15-21)36-3/h4-11,14-16H,12-13,17H2,1-3H3,(H2,29,30,32). The number of aromatic nitrogens is 1. The minimum Gasteiger partial charge on any atom is -0.497 e. The van der Waals surface area contributed by atoms with Crippen LogP contribution in [0.2, 0.25) is 0 Å². The summed E-state index contributed by atoms with van der Waals surface area (Å²) in [5.41, 5.74) is 2.64. The predicted octanol–water partition coefficient (Wildman–Crippen LogP) is 4.75. The molecular weight excluding hydrogens is 497 g/mol. The van der Waals surface area contributed by atoms with Crippen LogP contribution in [0.1, 0.15) is 11.3 Å². The molecule has 1 heterocycles. The van der Waals surface area contributed by atoms with Crippen molar-refractivity contribution in [3.05, 3.63) is 83.8 Å². The lowest BCUT2D eigenvalue weighted by Crippen LogP contribution is -2.33. The lowest BCUT2D eigenvalue weighted by Gasteiger charge is -2.11. The minimum absolute atomic E-state index is 0.0911. The Morgan fingerprint density at radius 3 is 2.27 bits per heavy atom. The van der Waals surface area contributed by atoms with Crippen molar-refractivity contribution >= 4 is 32.5 Å². The zero-order chi connectivity index (χ0) is 26.6. The summed E-state index contributed by atoms with van der Waals surface area (Å²) < 4.78 is 52.5. The maximum absolute atomic E-state index is 13.4. The van der Waals surface area contributed by atoms with Crippen molar-refractivity contribution in [2.75, 3.05) is 31.8 Å². The number of amides is 2. The quantitative estimate of drug-likeness (QED) is 0.329. The Bertz CT molecular complexity index is 1510. The number of anilines is 1. The van der Waals surface area contributed by atoms with Crippen molar-refractivity contribution in [3.8, 4) is 11.5 Å². The summed E-state index contributed by atoms with van der Waals surface area (Å²) in [6.07, 6.45) is 0. The number of rotatable bonds is 9. The molecular formula is C27H28FN3O5S. The van der Waals surface area contributed by atoms with Gasteiger partial charge in [0.05, 0.1) is 24.9 Å². The third-order valence-corrected chi connectivity index (χ3v) is 7.88. The number of nitrogens with zero attached hydrogens (tertiary/aromatic N) is 1. The highest BCUT2D eigenvalue weighted by Gasteiger charge is 2.25. The predicted molar refractivity (Wildman–Crippen MR) is 141 cm³/mol. The molecule has 1 aromatic heterocycles. The van der Waals surface area contributed by atoms with E-state index in [-0.39, 0.29) is 23.0 Å². The number of nitrogens with one attached hydrogen (secondary N) is 2. The lowest BCUT2D eigenvalue weighted by molar-refractivity contribution is 0.252. The van der Waals surface area contributed by atoms with Gasteiger partial charge in [-0.2, -0.15) is 0 Å². The largest absolute Gasteiger partial charge is 0.497 e. The Hall–Kier alpha value is -4.05. The molecule has 10 heteroatoms. The molecule has 2 N–H and O–H groups in total. The molecule has 194 valence electrons. The second kappa shape index (κ2) is 10.9. The van der Waals surface area contributed by atoms with Gasteiger partial charge in [-0.1, -0.05) is 30.3 Å². The fraction of sp³-hybridized carbons (Fsp3) is 0.222. The highest BCUT2D eigenvalue weighted by Crippen LogP contribution is 2.31. The molecule has 0 saturated heterocycles. The number of hydrogen-bond donors (Lipinski definition) is 2. The van der Waals surface area contributed by atoms with Crippen LogP contribution in [0, 0.1) is 12.7 Å². The number of fused-ring (bicyclic) bond motifs is 1. The van der Waals surface area contributed by atoms with Gasteiger partial charge >= 0.3 is 6.03 Å². The van der Waals surface area contributed by atoms with Crippen LogP contribution in [-0.2, 0) is 16.4 Å². The van der Waals surface area contributed by atoms with Crippen LogP contribution in [0.4, 0.5) is 14.9 Å². The van der Waals surface area contributed by atoms with Gasteiger partial charge in [0, 0.05) is 53.6 Å². The maximum Gasteiger partial charge on any atom is 0.319 e. The zero-order valence-electron chi connectivity index (χ0n) is 20.7. The fourth-order valence-electron chi connectivity index (χ4n) is 4.22. The molecule has 0 atom stereocenters. The van der Waals surface area contributed by atoms with E-state index in [2.05, 4.69) is 10.6 Å². The molecule has 4 aromatic rings. The summed E-state index contributed by atoms with van der Waals surface area (Å²) in [7, 11) is -0.745. The third kappa shape index (κ3) is 5.86. The molecule has 0 unspecified atom stereocenters. The molecule has 0 saturated carbocycles. The number of urea groups is 1. The van der Waals surface area contributed by atoms with Gasteiger partial charge in [0.2, 0.25) is 0 Å². The van der Waals surface area contributed by atoms with E-state index in [9.17, 15) is 17.6 Å². The van der Waals surface area contributed by atoms with Gasteiger partial charge in [-0.3, -0.25) is 0 Å². The van der Waals surface area contributed by atoms with E-state index in [0.717, 1.165) is 11.1 Å². The van der Waals surface area contributed by atoms with E-state index < -0.39 is 15.9 Å². The first-order chi connectivity index (χ1) is 17.7. The van der Waals surface area contributed by atoms with Crippen LogP contribution in [-0.4, -0.2) is 45.5 Å². The Morgan fingerprint density at radius 1 is 0.973 bits per heavy atom. The van der Waals surface area contributed by atoms with Gasteiger partial charge in [-0.05, 0) is 30.7 Å². The van der Waals surface area contributed by atoms with Gasteiger partial charge in [-0.25, -0.2) is 17.6 Å². The Kier molecular flexibility index (Phi) is 7.68. The molecule has 0 bridgehead atoms. The number of sulfone groups is 1. The lowest BCUT2D eigenvalue weighted by atomic mass is 10.2. The highest BCUT2D eigenvalue weighted by atomic mass is 32.2. The van der Waals surface area contributed by atoms with Crippen LogP contribution in [0.15, 0.2) is 71.6 Å². The second-order valence-corrected chi connectivity index (χ2v) is 10.5. The molecule has 0 radical (unpaired) electrons. The summed E-state index contributed by atoms with van der Waals surface area (Å²) >= 11 is 0. The van der Waals surface area contributed by atoms with E-state index in [1.54, 1.807) is 49.4 Å². The van der Waals surface area contributed by atoms with Gasteiger partial charge < -0.3 is 24.7 Å². The number of methoxy groups -OCH3 is 2. The van der Waals surface area contributed by atoms with Gasteiger partial charge in [-0.15, -0.1) is 0 Å². The van der Waals surface area contributed by atoms with E-state index >= 15 is 0 Å². The SMILES string of the molecule is COc1cc(NC(=O)NCCS(=O)(=O)c2c(C)n(Cc3ccc(F)cc3)c3ccccc23)cc(OC)c1. The highest BCUT2D eigenvalue weighted by molar-refractivity contribution is 7.91. The van der Waals surface area contributed by atoms with Crippen molar-refractivity contribution in [3.63, 3.8) is 0 Å². The Balaban J connectivity index is 1.50. The second-order valence-electron chi connectivity index (χ2n) is 8.45. The molecule has 0 fully saturated rings. The van der Waals surface area contributed by atoms with Crippen molar-refractivity contribution in [1.29, 1.82) is 0 Å². The minimum atomic E-state index is -3.75. The smallest absolute Gasteiger partial charge is 0.319 e. The molecule has 8 nitrogen and oxygen atoms in total. The van der Waals surface area contributed by atoms with Crippen LogP contribution >= 0.6 is 0 Å². The topological polar surface area (TPSA) is 98.7 Å². The summed E-state index contributed by atoms with van der Waals surface area (Å²) in [6, 6.07) is 17.7. The van der Waals surface area contributed by atoms with E-state index in [1.165, 1.54) is 26.4 Å². The third-order valence-electron chi connectivity index (χ3n) is 6.00. The fourth-order valence-corrected chi connectivity index (χ4v) is 5.87. The van der Waals surface area contributed by atoms with E-state index in [4.69, 9.17) is 9.47 Å². The molecule has 0 aliphatic carbocycles. The average molecular weight is 526 g/mol. The normalized spacial score (nSPS) is 11.4. The Morgan fingerprint density at radius 2 is 1.62 bits per heavy atom. The average Bonchev–Trinajstić information content (AvgIpc) is 3.16. The molecule has 2 amide bonds. The molecule has 3 aromatic carbocycles. The molecule has 0 aliphatic rings. The first kappa shape index (κ1) is 26.0. The number of halogens is 1. The summed E-state index contributed by atoms with van der Waals surface area (Å²) in [6.45, 7) is 2.06. The number of ether oxygens (including phenoxy) is 2. The van der Waals surface area contributed by atoms with E-state index in [0.29, 0.717) is 34.8 Å². The van der Waals surface area contributed by atoms with Crippen molar-refractivity contribution < 1.29 is 27.1 Å². The van der Waals surface area contributed by atoms with Crippen molar-refractivity contribution in [2.24, 2.45) is 0 Å². The molecule has 0 aliphatic heterocycles. The first-order valence-electron chi connectivity index (χ1n) is 11.5. The monoisotopic (exact) mass is 525 g/mol. The van der Waals surface area contributed by atoms with Gasteiger partial charge in [0.1, 0.15) is 17.3 Å². The van der Waals surface area contributed by atoms with Crippen LogP contribution in [0.3, 0.4) is 0 Å². The molecule has 37 heavy (non-hydrogen) atoms. The number of benzene rings is 3. The molecule has 4 rings (SSSR count). The first-order valence-corrected chi connectivity index (χ1v) is 13.2. The summed E-state index contributed by atoms with van der Waals surface area (Å²) in [5.74, 6) is 0.394. The van der Waals surface area contributed by atoms with Crippen molar-refractivity contribution in [1.82, 2.24) is 9.88 Å². The number of para-hydroxylation sites is 1. The number of carbonyl (C=O) groups excluding carboxylic acids is 1. The van der Waals surface area contributed by atoms with Gasteiger partial charge in [0.15, 0.2) is 9.84 Å². The van der Waals surface area contributed by atoms with Crippen molar-refractivity contribution in [2.45, 2.75) is 18.4 Å². The summed E-state index contributed by atoms with van der Waals surface area (Å²) in [4.78, 5) is 12.6. The number of carbonyl (C=O) groups is 1. The summed E-state index contributed by atoms with van der Waals surface area (Å²) in [5, 5.41) is 5.86. The van der Waals surface area contributed by atoms with E-state index in [1.807, 2.05) is 16.7 Å². The molecule has 0 spiro atoms. The number of hydrogen-bond acceptors (Lipinski definition) is 5. The maximum atomic E-state index is 13.4.